The standard InChI is InChI=1S/C9H14F3N3O2/c1-8(2,16-3)7-14-6(17-15-7)4-13-5-9(10,11)12/h13H,4-5H2,1-3H3. The van der Waals surface area contributed by atoms with Crippen LogP contribution in [0, 0.1) is 0 Å². The van der Waals surface area contributed by atoms with Gasteiger partial charge in [0.2, 0.25) is 11.7 Å². The van der Waals surface area contributed by atoms with Crippen LogP contribution in [-0.2, 0) is 16.9 Å². The molecule has 98 valence electrons. The Bertz CT molecular complexity index is 363. The average molecular weight is 253 g/mol. The number of hydrogen-bond donors (Lipinski definition) is 1. The molecule has 0 amide bonds. The number of hydrogen-bond acceptors (Lipinski definition) is 5. The second kappa shape index (κ2) is 5.01. The summed E-state index contributed by atoms with van der Waals surface area (Å²) >= 11 is 0. The van der Waals surface area contributed by atoms with E-state index >= 15 is 0 Å². The lowest BCUT2D eigenvalue weighted by Gasteiger charge is -2.17. The van der Waals surface area contributed by atoms with E-state index in [0.717, 1.165) is 0 Å². The van der Waals surface area contributed by atoms with Crippen LogP contribution < -0.4 is 5.32 Å². The molecule has 1 aromatic heterocycles. The van der Waals surface area contributed by atoms with Crippen LogP contribution in [0.1, 0.15) is 25.6 Å². The molecular weight excluding hydrogens is 239 g/mol. The van der Waals surface area contributed by atoms with Crippen molar-refractivity contribution in [3.63, 3.8) is 0 Å². The van der Waals surface area contributed by atoms with Gasteiger partial charge in [0.1, 0.15) is 5.60 Å². The van der Waals surface area contributed by atoms with Gasteiger partial charge in [-0.15, -0.1) is 0 Å². The maximum absolute atomic E-state index is 11.9. The number of halogens is 3. The number of nitrogens with zero attached hydrogens (tertiary/aromatic N) is 2. The van der Waals surface area contributed by atoms with Crippen LogP contribution in [0.5, 0.6) is 0 Å². The van der Waals surface area contributed by atoms with Crippen LogP contribution >= 0.6 is 0 Å². The van der Waals surface area contributed by atoms with Crippen LogP contribution in [0.25, 0.3) is 0 Å². The Morgan fingerprint density at radius 2 is 2.00 bits per heavy atom. The summed E-state index contributed by atoms with van der Waals surface area (Å²) in [7, 11) is 1.48. The molecule has 0 fully saturated rings. The van der Waals surface area contributed by atoms with Crippen molar-refractivity contribution in [1.29, 1.82) is 0 Å². The van der Waals surface area contributed by atoms with Crippen molar-refractivity contribution in [1.82, 2.24) is 15.5 Å². The van der Waals surface area contributed by atoms with E-state index in [1.54, 1.807) is 13.8 Å². The Labute approximate surface area is 96.3 Å². The molecule has 0 aliphatic carbocycles. The fourth-order valence-electron chi connectivity index (χ4n) is 0.974. The van der Waals surface area contributed by atoms with Crippen LogP contribution in [0.4, 0.5) is 13.2 Å². The van der Waals surface area contributed by atoms with Gasteiger partial charge in [0.05, 0.1) is 13.1 Å². The Hall–Kier alpha value is -1.15. The number of methoxy groups -OCH3 is 1. The summed E-state index contributed by atoms with van der Waals surface area (Å²) < 4.78 is 45.5. The highest BCUT2D eigenvalue weighted by atomic mass is 19.4. The van der Waals surface area contributed by atoms with Crippen molar-refractivity contribution in [3.8, 4) is 0 Å². The maximum Gasteiger partial charge on any atom is 0.401 e. The molecule has 0 unspecified atom stereocenters. The number of ether oxygens (including phenoxy) is 1. The molecule has 0 spiro atoms. The SMILES string of the molecule is COC(C)(C)c1noc(CNCC(F)(F)F)n1. The molecule has 17 heavy (non-hydrogen) atoms. The second-order valence-electron chi connectivity index (χ2n) is 3.94. The predicted molar refractivity (Wildman–Crippen MR) is 52.1 cm³/mol. The average Bonchev–Trinajstić information content (AvgIpc) is 2.65. The van der Waals surface area contributed by atoms with Gasteiger partial charge < -0.3 is 14.6 Å². The zero-order chi connectivity index (χ0) is 13.1. The third-order valence-corrected chi connectivity index (χ3v) is 2.12. The first kappa shape index (κ1) is 13.9. The van der Waals surface area contributed by atoms with E-state index < -0.39 is 18.3 Å². The summed E-state index contributed by atoms with van der Waals surface area (Å²) in [5.41, 5.74) is -0.730. The predicted octanol–water partition coefficient (Wildman–Crippen LogP) is 1.60. The largest absolute Gasteiger partial charge is 0.401 e. The summed E-state index contributed by atoms with van der Waals surface area (Å²) in [5, 5.41) is 5.80. The van der Waals surface area contributed by atoms with E-state index in [9.17, 15) is 13.2 Å². The minimum absolute atomic E-state index is 0.0920. The van der Waals surface area contributed by atoms with E-state index in [2.05, 4.69) is 15.5 Å². The van der Waals surface area contributed by atoms with Crippen molar-refractivity contribution in [3.05, 3.63) is 11.7 Å². The van der Waals surface area contributed by atoms with E-state index in [0.29, 0.717) is 5.82 Å². The Kier molecular flexibility index (Phi) is 4.10. The summed E-state index contributed by atoms with van der Waals surface area (Å²) in [6.45, 7) is 2.22. The minimum atomic E-state index is -4.26. The highest BCUT2D eigenvalue weighted by Gasteiger charge is 2.28. The Morgan fingerprint density at radius 3 is 2.53 bits per heavy atom. The molecule has 0 atom stereocenters. The van der Waals surface area contributed by atoms with Crippen molar-refractivity contribution >= 4 is 0 Å². The molecule has 1 aromatic rings. The number of aromatic nitrogens is 2. The summed E-state index contributed by atoms with van der Waals surface area (Å²) in [6.07, 6.45) is -4.26. The van der Waals surface area contributed by atoms with E-state index in [4.69, 9.17) is 9.26 Å². The zero-order valence-corrected chi connectivity index (χ0v) is 9.76. The molecule has 0 saturated carbocycles. The first-order valence-electron chi connectivity index (χ1n) is 4.90. The second-order valence-corrected chi connectivity index (χ2v) is 3.94. The van der Waals surface area contributed by atoms with Crippen molar-refractivity contribution < 1.29 is 22.4 Å². The Morgan fingerprint density at radius 1 is 1.35 bits per heavy atom. The first-order chi connectivity index (χ1) is 7.74. The van der Waals surface area contributed by atoms with Crippen LogP contribution in [0.3, 0.4) is 0 Å². The Balaban J connectivity index is 2.52. The van der Waals surface area contributed by atoms with E-state index in [1.165, 1.54) is 7.11 Å². The van der Waals surface area contributed by atoms with E-state index in [1.807, 2.05) is 0 Å². The minimum Gasteiger partial charge on any atom is -0.371 e. The molecular formula is C9H14F3N3O2. The van der Waals surface area contributed by atoms with Gasteiger partial charge in [-0.2, -0.15) is 18.2 Å². The number of alkyl halides is 3. The van der Waals surface area contributed by atoms with Gasteiger partial charge in [0, 0.05) is 7.11 Å². The van der Waals surface area contributed by atoms with Crippen LogP contribution in [-0.4, -0.2) is 30.0 Å². The van der Waals surface area contributed by atoms with Gasteiger partial charge >= 0.3 is 6.18 Å². The highest BCUT2D eigenvalue weighted by molar-refractivity contribution is 4.97. The van der Waals surface area contributed by atoms with Gasteiger partial charge in [-0.3, -0.25) is 0 Å². The fourth-order valence-corrected chi connectivity index (χ4v) is 0.974. The topological polar surface area (TPSA) is 60.2 Å². The van der Waals surface area contributed by atoms with Crippen molar-refractivity contribution in [2.75, 3.05) is 13.7 Å². The van der Waals surface area contributed by atoms with Gasteiger partial charge in [-0.05, 0) is 13.8 Å². The van der Waals surface area contributed by atoms with Crippen molar-refractivity contribution in [2.45, 2.75) is 32.2 Å². The molecule has 0 aromatic carbocycles. The third-order valence-electron chi connectivity index (χ3n) is 2.12. The normalized spacial score (nSPS) is 13.1. The van der Waals surface area contributed by atoms with Crippen LogP contribution in [0.2, 0.25) is 0 Å². The quantitative estimate of drug-likeness (QED) is 0.863. The van der Waals surface area contributed by atoms with E-state index in [-0.39, 0.29) is 12.4 Å². The summed E-state index contributed by atoms with van der Waals surface area (Å²) in [6, 6.07) is 0. The van der Waals surface area contributed by atoms with Crippen molar-refractivity contribution in [2.24, 2.45) is 0 Å². The lowest BCUT2D eigenvalue weighted by molar-refractivity contribution is -0.125. The monoisotopic (exact) mass is 253 g/mol. The number of nitrogens with one attached hydrogen (secondary N) is 1. The van der Waals surface area contributed by atoms with Gasteiger partial charge in [-0.1, -0.05) is 5.16 Å². The van der Waals surface area contributed by atoms with Gasteiger partial charge in [0.15, 0.2) is 0 Å². The molecule has 0 saturated heterocycles. The summed E-state index contributed by atoms with van der Waals surface area (Å²) in [5.74, 6) is 0.387. The maximum atomic E-state index is 11.9. The zero-order valence-electron chi connectivity index (χ0n) is 9.76. The highest BCUT2D eigenvalue weighted by Crippen LogP contribution is 2.20. The lowest BCUT2D eigenvalue weighted by Crippen LogP contribution is -2.28. The molecule has 1 rings (SSSR count). The lowest BCUT2D eigenvalue weighted by atomic mass is 10.1. The molecule has 1 heterocycles. The van der Waals surface area contributed by atoms with Gasteiger partial charge in [0.25, 0.3) is 0 Å². The molecule has 0 bridgehead atoms. The molecule has 5 nitrogen and oxygen atoms in total. The first-order valence-corrected chi connectivity index (χ1v) is 4.90. The van der Waals surface area contributed by atoms with Gasteiger partial charge in [-0.25, -0.2) is 0 Å². The molecule has 0 radical (unpaired) electrons. The molecule has 0 aliphatic heterocycles. The smallest absolute Gasteiger partial charge is 0.371 e. The third kappa shape index (κ3) is 4.31. The molecule has 1 N–H and O–H groups in total. The number of rotatable bonds is 5. The molecule has 8 heteroatoms. The molecule has 0 aliphatic rings. The fraction of sp³-hybridized carbons (Fsp3) is 0.778. The van der Waals surface area contributed by atoms with Crippen LogP contribution in [0.15, 0.2) is 4.52 Å². The summed E-state index contributed by atoms with van der Waals surface area (Å²) in [4.78, 5) is 3.94.